The largest absolute Gasteiger partial charge is 0.378 e. The molecule has 1 aromatic carbocycles. The Kier molecular flexibility index (Phi) is 4.02. The highest BCUT2D eigenvalue weighted by Gasteiger charge is 2.35. The van der Waals surface area contributed by atoms with Crippen LogP contribution in [0.15, 0.2) is 30.3 Å². The minimum atomic E-state index is -1.06. The number of benzene rings is 1. The summed E-state index contributed by atoms with van der Waals surface area (Å²) in [6.07, 6.45) is 3.66. The van der Waals surface area contributed by atoms with Crippen LogP contribution in [0.25, 0.3) is 0 Å². The van der Waals surface area contributed by atoms with E-state index in [2.05, 4.69) is 12.2 Å². The maximum absolute atomic E-state index is 11.9. The number of hydrogen-bond acceptors (Lipinski definition) is 2. The van der Waals surface area contributed by atoms with Gasteiger partial charge in [-0.05, 0) is 30.2 Å². The molecular formula is C15H21NO2. The van der Waals surface area contributed by atoms with Gasteiger partial charge >= 0.3 is 0 Å². The Bertz CT molecular complexity index is 393. The van der Waals surface area contributed by atoms with E-state index in [1.54, 1.807) is 12.1 Å². The Morgan fingerprint density at radius 1 is 1.39 bits per heavy atom. The molecule has 0 aromatic heterocycles. The van der Waals surface area contributed by atoms with Crippen LogP contribution in [0.2, 0.25) is 0 Å². The number of hydrogen-bond donors (Lipinski definition) is 2. The van der Waals surface area contributed by atoms with E-state index in [9.17, 15) is 9.90 Å². The van der Waals surface area contributed by atoms with E-state index in [4.69, 9.17) is 0 Å². The van der Waals surface area contributed by atoms with Gasteiger partial charge in [0.2, 0.25) is 0 Å². The second-order valence-electron chi connectivity index (χ2n) is 5.24. The summed E-state index contributed by atoms with van der Waals surface area (Å²) < 4.78 is 0. The van der Waals surface area contributed by atoms with Gasteiger partial charge in [0.05, 0.1) is 0 Å². The van der Waals surface area contributed by atoms with E-state index in [1.165, 1.54) is 19.3 Å². The summed E-state index contributed by atoms with van der Waals surface area (Å²) in [4.78, 5) is 11.9. The fraction of sp³-hybridized carbons (Fsp3) is 0.533. The normalized spacial score (nSPS) is 18.8. The highest BCUT2D eigenvalue weighted by atomic mass is 16.3. The van der Waals surface area contributed by atoms with Crippen LogP contribution in [0.4, 0.5) is 0 Å². The summed E-state index contributed by atoms with van der Waals surface area (Å²) in [7, 11) is 0. The Hall–Kier alpha value is -1.35. The molecule has 0 heterocycles. The maximum Gasteiger partial charge on any atom is 0.253 e. The zero-order chi connectivity index (χ0) is 13.0. The molecule has 0 radical (unpaired) electrons. The highest BCUT2D eigenvalue weighted by molar-refractivity contribution is 5.81. The minimum Gasteiger partial charge on any atom is -0.378 e. The Balaban J connectivity index is 1.88. The van der Waals surface area contributed by atoms with E-state index in [0.717, 1.165) is 6.42 Å². The van der Waals surface area contributed by atoms with Gasteiger partial charge in [0.25, 0.3) is 5.91 Å². The Labute approximate surface area is 108 Å². The molecular weight excluding hydrogens is 226 g/mol. The van der Waals surface area contributed by atoms with Gasteiger partial charge in [-0.25, -0.2) is 0 Å². The van der Waals surface area contributed by atoms with Crippen LogP contribution in [0, 0.1) is 5.41 Å². The van der Waals surface area contributed by atoms with Crippen molar-refractivity contribution in [1.82, 2.24) is 5.32 Å². The van der Waals surface area contributed by atoms with Crippen molar-refractivity contribution in [3.8, 4) is 0 Å². The monoisotopic (exact) mass is 247 g/mol. The average Bonchev–Trinajstić information content (AvgIpc) is 2.38. The summed E-state index contributed by atoms with van der Waals surface area (Å²) in [6, 6.07) is 9.05. The quantitative estimate of drug-likeness (QED) is 0.839. The first-order valence-electron chi connectivity index (χ1n) is 6.68. The molecule has 0 spiro atoms. The molecule has 98 valence electrons. The number of carbonyl (C=O) groups excluding carboxylic acids is 1. The molecule has 3 heteroatoms. The van der Waals surface area contributed by atoms with Crippen molar-refractivity contribution in [3.05, 3.63) is 35.9 Å². The molecule has 0 aliphatic heterocycles. The second-order valence-corrected chi connectivity index (χ2v) is 5.24. The highest BCUT2D eigenvalue weighted by Crippen LogP contribution is 2.43. The number of amides is 1. The van der Waals surface area contributed by atoms with Crippen molar-refractivity contribution in [2.24, 2.45) is 5.41 Å². The van der Waals surface area contributed by atoms with Crippen molar-refractivity contribution < 1.29 is 9.90 Å². The van der Waals surface area contributed by atoms with Gasteiger partial charge in [0.15, 0.2) is 6.10 Å². The molecule has 0 saturated heterocycles. The number of aliphatic hydroxyl groups is 1. The molecule has 3 nitrogen and oxygen atoms in total. The first-order valence-corrected chi connectivity index (χ1v) is 6.68. The first-order chi connectivity index (χ1) is 8.67. The third-order valence-electron chi connectivity index (χ3n) is 4.17. The topological polar surface area (TPSA) is 49.3 Å². The Morgan fingerprint density at radius 3 is 2.56 bits per heavy atom. The molecule has 0 bridgehead atoms. The maximum atomic E-state index is 11.9. The zero-order valence-corrected chi connectivity index (χ0v) is 10.9. The number of aliphatic hydroxyl groups excluding tert-OH is 1. The molecule has 1 aromatic rings. The molecule has 1 saturated carbocycles. The van der Waals surface area contributed by atoms with Crippen molar-refractivity contribution in [1.29, 1.82) is 0 Å². The SMILES string of the molecule is CCC1(CNC(=O)[C@@H](O)c2ccccc2)CCC1. The lowest BCUT2D eigenvalue weighted by Gasteiger charge is -2.41. The van der Waals surface area contributed by atoms with E-state index in [-0.39, 0.29) is 11.3 Å². The van der Waals surface area contributed by atoms with Crippen LogP contribution < -0.4 is 5.32 Å². The summed E-state index contributed by atoms with van der Waals surface area (Å²) in [6.45, 7) is 2.85. The van der Waals surface area contributed by atoms with E-state index in [0.29, 0.717) is 12.1 Å². The molecule has 1 atom stereocenters. The standard InChI is InChI=1S/C15H21NO2/c1-2-15(9-6-10-15)11-16-14(18)13(17)12-7-4-3-5-8-12/h3-5,7-8,13,17H,2,6,9-11H2,1H3,(H,16,18)/t13-/m0/s1. The smallest absolute Gasteiger partial charge is 0.253 e. The third kappa shape index (κ3) is 2.72. The second kappa shape index (κ2) is 5.53. The Morgan fingerprint density at radius 2 is 2.06 bits per heavy atom. The third-order valence-corrected chi connectivity index (χ3v) is 4.17. The van der Waals surface area contributed by atoms with Gasteiger partial charge in [-0.15, -0.1) is 0 Å². The van der Waals surface area contributed by atoms with Gasteiger partial charge in [-0.1, -0.05) is 43.7 Å². The van der Waals surface area contributed by atoms with Crippen LogP contribution in [0.1, 0.15) is 44.3 Å². The average molecular weight is 247 g/mol. The van der Waals surface area contributed by atoms with Gasteiger partial charge < -0.3 is 10.4 Å². The lowest BCUT2D eigenvalue weighted by molar-refractivity contribution is -0.130. The van der Waals surface area contributed by atoms with Crippen LogP contribution in [0.5, 0.6) is 0 Å². The van der Waals surface area contributed by atoms with Crippen LogP contribution in [-0.4, -0.2) is 17.6 Å². The molecule has 1 amide bonds. The van der Waals surface area contributed by atoms with Gasteiger partial charge in [-0.3, -0.25) is 4.79 Å². The molecule has 0 unspecified atom stereocenters. The predicted octanol–water partition coefficient (Wildman–Crippen LogP) is 2.42. The van der Waals surface area contributed by atoms with Crippen LogP contribution >= 0.6 is 0 Å². The summed E-state index contributed by atoms with van der Waals surface area (Å²) in [5.74, 6) is -0.291. The van der Waals surface area contributed by atoms with Crippen molar-refractivity contribution in [3.63, 3.8) is 0 Å². The predicted molar refractivity (Wildman–Crippen MR) is 71.0 cm³/mol. The zero-order valence-electron chi connectivity index (χ0n) is 10.9. The molecule has 2 rings (SSSR count). The summed E-state index contributed by atoms with van der Waals surface area (Å²) in [5.41, 5.74) is 0.931. The fourth-order valence-electron chi connectivity index (χ4n) is 2.49. The summed E-state index contributed by atoms with van der Waals surface area (Å²) >= 11 is 0. The lowest BCUT2D eigenvalue weighted by atomic mass is 9.67. The molecule has 1 aliphatic carbocycles. The lowest BCUT2D eigenvalue weighted by Crippen LogP contribution is -2.43. The number of nitrogens with one attached hydrogen (secondary N) is 1. The van der Waals surface area contributed by atoms with Gasteiger partial charge in [0, 0.05) is 6.54 Å². The van der Waals surface area contributed by atoms with Gasteiger partial charge in [-0.2, -0.15) is 0 Å². The molecule has 1 fully saturated rings. The van der Waals surface area contributed by atoms with Crippen LogP contribution in [-0.2, 0) is 4.79 Å². The fourth-order valence-corrected chi connectivity index (χ4v) is 2.49. The first kappa shape index (κ1) is 13.1. The molecule has 2 N–H and O–H groups in total. The van der Waals surface area contributed by atoms with Crippen molar-refractivity contribution in [2.75, 3.05) is 6.54 Å². The van der Waals surface area contributed by atoms with Crippen molar-refractivity contribution >= 4 is 5.91 Å². The number of carbonyl (C=O) groups is 1. The van der Waals surface area contributed by atoms with Crippen molar-refractivity contribution in [2.45, 2.75) is 38.7 Å². The van der Waals surface area contributed by atoms with Gasteiger partial charge in [0.1, 0.15) is 0 Å². The minimum absolute atomic E-state index is 0.284. The van der Waals surface area contributed by atoms with Crippen LogP contribution in [0.3, 0.4) is 0 Å². The molecule has 18 heavy (non-hydrogen) atoms. The van der Waals surface area contributed by atoms with E-state index >= 15 is 0 Å². The van der Waals surface area contributed by atoms with E-state index < -0.39 is 6.10 Å². The molecule has 1 aliphatic rings. The van der Waals surface area contributed by atoms with E-state index in [1.807, 2.05) is 18.2 Å². The summed E-state index contributed by atoms with van der Waals surface area (Å²) in [5, 5.41) is 12.8. The number of rotatable bonds is 5.